The van der Waals surface area contributed by atoms with Crippen LogP contribution in [-0.4, -0.2) is 191 Å². The maximum absolute atomic E-state index is 14.9. The number of nitrogens with two attached hydrogens (primary N) is 2. The van der Waals surface area contributed by atoms with Crippen molar-refractivity contribution in [3.05, 3.63) is 0 Å². The van der Waals surface area contributed by atoms with E-state index in [2.05, 4.69) is 39.9 Å². The fourth-order valence-electron chi connectivity index (χ4n) is 9.38. The molecule has 0 saturated heterocycles. The first kappa shape index (κ1) is 73.2. The van der Waals surface area contributed by atoms with Crippen molar-refractivity contribution in [3.63, 3.8) is 0 Å². The van der Waals surface area contributed by atoms with Crippen molar-refractivity contribution in [1.29, 1.82) is 0 Å². The van der Waals surface area contributed by atoms with E-state index in [-0.39, 0.29) is 77.3 Å². The summed E-state index contributed by atoms with van der Waals surface area (Å²) < 4.78 is 0. The molecule has 20 heteroatoms. The van der Waals surface area contributed by atoms with Crippen LogP contribution in [0.2, 0.25) is 0 Å². The van der Waals surface area contributed by atoms with Gasteiger partial charge in [-0.1, -0.05) is 170 Å². The Balaban J connectivity index is 7.22. The van der Waals surface area contributed by atoms with Crippen LogP contribution in [-0.2, 0) is 43.2 Å². The van der Waals surface area contributed by atoms with Gasteiger partial charge in [-0.3, -0.25) is 43.2 Å². The number of hydrogen-bond acceptors (Lipinski definition) is 11. The van der Waals surface area contributed by atoms with Crippen molar-refractivity contribution in [2.24, 2.45) is 23.3 Å². The molecule has 20 nitrogen and oxygen atoms in total. The predicted octanol–water partition coefficient (Wildman–Crippen LogP) is 6.66. The summed E-state index contributed by atoms with van der Waals surface area (Å²) in [6.07, 6.45) is 21.7. The van der Waals surface area contributed by atoms with E-state index in [9.17, 15) is 53.4 Å². The van der Waals surface area contributed by atoms with Crippen LogP contribution in [0.5, 0.6) is 0 Å². The molecule has 2 unspecified atom stereocenters. The molecule has 452 valence electrons. The highest BCUT2D eigenvalue weighted by atomic mass is 16.4. The van der Waals surface area contributed by atoms with E-state index in [0.717, 1.165) is 138 Å². The highest BCUT2D eigenvalue weighted by Gasteiger charge is 2.31. The minimum absolute atomic E-state index is 0.0166. The zero-order valence-corrected chi connectivity index (χ0v) is 49.6. The quantitative estimate of drug-likeness (QED) is 0.0399. The van der Waals surface area contributed by atoms with Crippen molar-refractivity contribution in [2.75, 3.05) is 98.2 Å². The maximum Gasteiger partial charge on any atom is 0.305 e. The van der Waals surface area contributed by atoms with E-state index in [1.54, 1.807) is 0 Å². The topological polar surface area (TPSA) is 278 Å². The van der Waals surface area contributed by atoms with Crippen molar-refractivity contribution in [3.8, 4) is 0 Å². The number of carbonyl (C=O) groups is 9. The molecule has 0 radical (unpaired) electrons. The van der Waals surface area contributed by atoms with E-state index in [4.69, 9.17) is 11.5 Å². The van der Waals surface area contributed by atoms with Crippen LogP contribution < -0.4 is 16.8 Å². The largest absolute Gasteiger partial charge is 0.481 e. The van der Waals surface area contributed by atoms with Crippen molar-refractivity contribution >= 4 is 53.3 Å². The Morgan fingerprint density at radius 1 is 0.397 bits per heavy atom. The van der Waals surface area contributed by atoms with Crippen molar-refractivity contribution in [1.82, 2.24) is 34.7 Å². The summed E-state index contributed by atoms with van der Waals surface area (Å²) >= 11 is 0. The molecule has 0 rings (SSSR count). The molecule has 0 spiro atoms. The minimum Gasteiger partial charge on any atom is -0.481 e. The molecule has 7 amide bonds. The van der Waals surface area contributed by atoms with Crippen LogP contribution >= 0.6 is 0 Å². The molecular weight excluding hydrogens is 999 g/mol. The van der Waals surface area contributed by atoms with Crippen LogP contribution in [0, 0.1) is 11.8 Å². The SMILES string of the molecule is CCCCCCCCCCN(CC(=O)N(CC(=O)N(CCCCCCCCCC)CC(=O)N(CC(N)=O)CC(CC)CCCC)CC(CC)CCCC)C(=O)CN(CCC(=O)O)C(=O)CN(CCC(=O)O)C(=O)CNCCN. The monoisotopic (exact) mass is 1110 g/mol. The number of amides is 7. The van der Waals surface area contributed by atoms with Gasteiger partial charge in [-0.05, 0) is 37.5 Å². The lowest BCUT2D eigenvalue weighted by atomic mass is 9.98. The van der Waals surface area contributed by atoms with Crippen LogP contribution in [0.3, 0.4) is 0 Å². The van der Waals surface area contributed by atoms with Crippen molar-refractivity contribution < 1.29 is 53.4 Å². The van der Waals surface area contributed by atoms with E-state index in [0.29, 0.717) is 25.8 Å². The van der Waals surface area contributed by atoms with E-state index < -0.39 is 92.3 Å². The molecule has 0 aliphatic rings. The number of hydrogen-bond donors (Lipinski definition) is 5. The highest BCUT2D eigenvalue weighted by Crippen LogP contribution is 2.19. The lowest BCUT2D eigenvalue weighted by Crippen LogP contribution is -2.53. The number of carbonyl (C=O) groups excluding carboxylic acids is 7. The summed E-state index contributed by atoms with van der Waals surface area (Å²) in [5.74, 6) is -6.25. The number of primary amides is 1. The smallest absolute Gasteiger partial charge is 0.305 e. The molecule has 0 aliphatic heterocycles. The highest BCUT2D eigenvalue weighted by molar-refractivity contribution is 5.93. The fourth-order valence-corrected chi connectivity index (χ4v) is 9.38. The van der Waals surface area contributed by atoms with Gasteiger partial charge in [0.05, 0.1) is 58.7 Å². The van der Waals surface area contributed by atoms with Gasteiger partial charge in [0, 0.05) is 52.4 Å². The second-order valence-corrected chi connectivity index (χ2v) is 21.3. The molecule has 0 heterocycles. The molecule has 0 aromatic rings. The van der Waals surface area contributed by atoms with Gasteiger partial charge in [0.1, 0.15) is 0 Å². The predicted molar refractivity (Wildman–Crippen MR) is 307 cm³/mol. The summed E-state index contributed by atoms with van der Waals surface area (Å²) in [4.78, 5) is 130. The Bertz CT molecular complexity index is 1710. The van der Waals surface area contributed by atoms with Gasteiger partial charge in [-0.2, -0.15) is 0 Å². The van der Waals surface area contributed by atoms with Gasteiger partial charge < -0.3 is 56.4 Å². The minimum atomic E-state index is -1.24. The number of carboxylic acids is 2. The number of carboxylic acid groups (broad SMARTS) is 2. The fraction of sp³-hybridized carbons (Fsp3) is 0.845. The summed E-state index contributed by atoms with van der Waals surface area (Å²) in [5, 5.41) is 21.9. The Morgan fingerprint density at radius 2 is 0.705 bits per heavy atom. The van der Waals surface area contributed by atoms with Gasteiger partial charge in [0.2, 0.25) is 41.4 Å². The average molecular weight is 1110 g/mol. The molecule has 7 N–H and O–H groups in total. The van der Waals surface area contributed by atoms with Gasteiger partial charge in [0.15, 0.2) is 0 Å². The lowest BCUT2D eigenvalue weighted by Gasteiger charge is -2.34. The zero-order chi connectivity index (χ0) is 58.5. The van der Waals surface area contributed by atoms with Crippen LogP contribution in [0.4, 0.5) is 0 Å². The molecule has 0 aromatic carbocycles. The van der Waals surface area contributed by atoms with E-state index in [1.807, 2.05) is 6.92 Å². The lowest BCUT2D eigenvalue weighted by molar-refractivity contribution is -0.149. The first-order valence-corrected chi connectivity index (χ1v) is 30.2. The third kappa shape index (κ3) is 36.3. The second kappa shape index (κ2) is 47.0. The maximum atomic E-state index is 14.9. The Kier molecular flexibility index (Phi) is 44.1. The number of nitrogens with one attached hydrogen (secondary N) is 1. The number of aliphatic carboxylic acids is 2. The molecule has 78 heavy (non-hydrogen) atoms. The molecule has 2 atom stereocenters. The first-order chi connectivity index (χ1) is 37.4. The van der Waals surface area contributed by atoms with Crippen molar-refractivity contribution in [2.45, 2.75) is 208 Å². The third-order valence-electron chi connectivity index (χ3n) is 14.5. The normalized spacial score (nSPS) is 11.9. The van der Waals surface area contributed by atoms with Gasteiger partial charge >= 0.3 is 11.9 Å². The van der Waals surface area contributed by atoms with Crippen LogP contribution in [0.1, 0.15) is 208 Å². The van der Waals surface area contributed by atoms with Crippen LogP contribution in [0.25, 0.3) is 0 Å². The van der Waals surface area contributed by atoms with E-state index in [1.165, 1.54) is 26.0 Å². The molecule has 0 saturated carbocycles. The Labute approximate surface area is 469 Å². The molecule has 0 bridgehead atoms. The average Bonchev–Trinajstić information content (AvgIpc) is 3.40. The molecular formula is C58H109N9O11. The van der Waals surface area contributed by atoms with Gasteiger partial charge in [0.25, 0.3) is 0 Å². The molecule has 0 aliphatic carbocycles. The molecule has 0 fully saturated rings. The Morgan fingerprint density at radius 3 is 1.04 bits per heavy atom. The summed E-state index contributed by atoms with van der Waals surface area (Å²) in [6.45, 7) is 10.5. The number of rotatable bonds is 52. The Hall–Kier alpha value is -4.85. The summed E-state index contributed by atoms with van der Waals surface area (Å²) in [6, 6.07) is 0. The summed E-state index contributed by atoms with van der Waals surface area (Å²) in [7, 11) is 0. The van der Waals surface area contributed by atoms with Gasteiger partial charge in [-0.15, -0.1) is 0 Å². The number of nitrogens with zero attached hydrogens (tertiary/aromatic N) is 6. The van der Waals surface area contributed by atoms with E-state index >= 15 is 0 Å². The standard InChI is InChI=1S/C58H109N9O11/c1-7-13-17-19-21-23-25-27-35-62(52(70)44-65(38-32-58(77)78)53(71)43-64(37-31-57(75)76)51(69)39-61-34-33-59)46-56(74)67(41-49(12-6)30-16-10-4)47-54(72)63(36-28-26-24-22-20-18-14-8-2)45-55(73)66(42-50(60)68)40-48(11-5)29-15-9-3/h48-49,61H,7-47,59H2,1-6H3,(H2,60,68)(H,75,76)(H,77,78). The third-order valence-corrected chi connectivity index (χ3v) is 14.5. The molecule has 0 aromatic heterocycles. The first-order valence-electron chi connectivity index (χ1n) is 30.2. The zero-order valence-electron chi connectivity index (χ0n) is 49.6. The van der Waals surface area contributed by atoms with Gasteiger partial charge in [-0.25, -0.2) is 0 Å². The second-order valence-electron chi connectivity index (χ2n) is 21.3. The number of unbranched alkanes of at least 4 members (excludes halogenated alkanes) is 16. The van der Waals surface area contributed by atoms with Crippen LogP contribution in [0.15, 0.2) is 0 Å². The summed E-state index contributed by atoms with van der Waals surface area (Å²) in [5.41, 5.74) is 11.2.